The number of aryl methyl sites for hydroxylation is 1. The fourth-order valence-electron chi connectivity index (χ4n) is 2.55. The molecule has 0 fully saturated rings. The molecule has 6 nitrogen and oxygen atoms in total. The Bertz CT molecular complexity index is 999. The molecule has 0 amide bonds. The lowest BCUT2D eigenvalue weighted by Gasteiger charge is -2.12. The summed E-state index contributed by atoms with van der Waals surface area (Å²) in [5.41, 5.74) is 4.08. The fourth-order valence-corrected chi connectivity index (χ4v) is 2.55. The Morgan fingerprint density at radius 1 is 1.04 bits per heavy atom. The Labute approximate surface area is 157 Å². The number of aromatic nitrogens is 2. The summed E-state index contributed by atoms with van der Waals surface area (Å²) >= 11 is 0. The molecule has 0 aliphatic carbocycles. The molecule has 3 rings (SSSR count). The lowest BCUT2D eigenvalue weighted by atomic mass is 10.2. The van der Waals surface area contributed by atoms with E-state index in [1.54, 1.807) is 25.3 Å². The van der Waals surface area contributed by atoms with Crippen molar-refractivity contribution in [2.24, 2.45) is 0 Å². The van der Waals surface area contributed by atoms with Crippen LogP contribution in [0.5, 0.6) is 11.5 Å². The Balaban J connectivity index is 1.78. The second kappa shape index (κ2) is 8.31. The quantitative estimate of drug-likeness (QED) is 0.490. The lowest BCUT2D eigenvalue weighted by molar-refractivity contribution is -0.134. The van der Waals surface area contributed by atoms with Gasteiger partial charge in [0.05, 0.1) is 36.6 Å². The van der Waals surface area contributed by atoms with Crippen LogP contribution < -0.4 is 9.47 Å². The number of rotatable bonds is 6. The van der Waals surface area contributed by atoms with Crippen molar-refractivity contribution in [1.29, 1.82) is 0 Å². The van der Waals surface area contributed by atoms with Gasteiger partial charge in [0.2, 0.25) is 0 Å². The molecule has 3 aromatic rings. The Morgan fingerprint density at radius 2 is 1.78 bits per heavy atom. The summed E-state index contributed by atoms with van der Waals surface area (Å²) in [6, 6.07) is 13.1. The highest BCUT2D eigenvalue weighted by atomic mass is 16.5. The molecule has 0 radical (unpaired) electrons. The van der Waals surface area contributed by atoms with Crippen molar-refractivity contribution >= 4 is 23.1 Å². The highest BCUT2D eigenvalue weighted by Gasteiger charge is 2.09. The zero-order valence-corrected chi connectivity index (χ0v) is 15.4. The van der Waals surface area contributed by atoms with E-state index >= 15 is 0 Å². The molecule has 2 aromatic carbocycles. The van der Waals surface area contributed by atoms with Crippen LogP contribution in [-0.2, 0) is 16.1 Å². The first-order valence-electron chi connectivity index (χ1n) is 8.40. The number of fused-ring (bicyclic) bond motifs is 1. The van der Waals surface area contributed by atoms with Gasteiger partial charge in [0.1, 0.15) is 6.61 Å². The van der Waals surface area contributed by atoms with Gasteiger partial charge in [-0.3, -0.25) is 0 Å². The van der Waals surface area contributed by atoms with Gasteiger partial charge in [0, 0.05) is 6.08 Å². The molecule has 6 heteroatoms. The number of carbonyl (C=O) groups excluding carboxylic acids is 1. The number of esters is 1. The van der Waals surface area contributed by atoms with E-state index in [0.717, 1.165) is 28.0 Å². The topological polar surface area (TPSA) is 70.5 Å². The van der Waals surface area contributed by atoms with E-state index in [9.17, 15) is 4.79 Å². The molecule has 0 bridgehead atoms. The first kappa shape index (κ1) is 18.4. The number of nitrogens with zero attached hydrogens (tertiary/aromatic N) is 2. The van der Waals surface area contributed by atoms with Crippen LogP contribution in [0.25, 0.3) is 17.1 Å². The first-order chi connectivity index (χ1) is 13.1. The molecular weight excluding hydrogens is 344 g/mol. The molecule has 0 saturated carbocycles. The number of carbonyl (C=O) groups is 1. The van der Waals surface area contributed by atoms with Gasteiger partial charge >= 0.3 is 5.97 Å². The number of benzene rings is 2. The van der Waals surface area contributed by atoms with E-state index in [-0.39, 0.29) is 6.61 Å². The molecule has 1 heterocycles. The molecule has 0 saturated heterocycles. The summed E-state index contributed by atoms with van der Waals surface area (Å²) in [6.45, 7) is 2.19. The van der Waals surface area contributed by atoms with E-state index in [0.29, 0.717) is 11.5 Å². The molecule has 0 atom stereocenters. The summed E-state index contributed by atoms with van der Waals surface area (Å²) in [5, 5.41) is 0. The van der Waals surface area contributed by atoms with Crippen LogP contribution >= 0.6 is 0 Å². The first-order valence-corrected chi connectivity index (χ1v) is 8.40. The maximum Gasteiger partial charge on any atom is 0.330 e. The third kappa shape index (κ3) is 4.41. The van der Waals surface area contributed by atoms with E-state index in [1.165, 1.54) is 13.2 Å². The Morgan fingerprint density at radius 3 is 2.48 bits per heavy atom. The molecule has 0 spiro atoms. The summed E-state index contributed by atoms with van der Waals surface area (Å²) in [5.74, 6) is 0.732. The van der Waals surface area contributed by atoms with Crippen molar-refractivity contribution < 1.29 is 19.0 Å². The summed E-state index contributed by atoms with van der Waals surface area (Å²) in [4.78, 5) is 20.4. The standard InChI is InChI=1S/C21H20N2O4/c1-14-18(23-17-7-5-4-6-16(17)22-14)13-27-19-10-8-15(12-20(19)25-2)9-11-21(24)26-3/h4-12H,13H2,1-3H3/b11-9+. The maximum atomic E-state index is 11.2. The highest BCUT2D eigenvalue weighted by Crippen LogP contribution is 2.29. The summed E-state index contributed by atoms with van der Waals surface area (Å²) in [7, 11) is 2.90. The van der Waals surface area contributed by atoms with Gasteiger partial charge in [-0.05, 0) is 42.8 Å². The number of methoxy groups -OCH3 is 2. The molecule has 0 unspecified atom stereocenters. The van der Waals surface area contributed by atoms with E-state index in [4.69, 9.17) is 9.47 Å². The van der Waals surface area contributed by atoms with Crippen LogP contribution in [0.3, 0.4) is 0 Å². The van der Waals surface area contributed by atoms with Gasteiger partial charge in [-0.1, -0.05) is 18.2 Å². The second-order valence-electron chi connectivity index (χ2n) is 5.80. The van der Waals surface area contributed by atoms with Crippen molar-refractivity contribution in [2.75, 3.05) is 14.2 Å². The minimum Gasteiger partial charge on any atom is -0.493 e. The molecular formula is C21H20N2O4. The third-order valence-electron chi connectivity index (χ3n) is 4.01. The van der Waals surface area contributed by atoms with Crippen LogP contribution in [0, 0.1) is 6.92 Å². The smallest absolute Gasteiger partial charge is 0.330 e. The minimum atomic E-state index is -0.417. The zero-order valence-electron chi connectivity index (χ0n) is 15.4. The molecule has 138 valence electrons. The molecule has 0 aliphatic heterocycles. The monoisotopic (exact) mass is 364 g/mol. The summed E-state index contributed by atoms with van der Waals surface area (Å²) < 4.78 is 15.9. The van der Waals surface area contributed by atoms with Crippen molar-refractivity contribution in [1.82, 2.24) is 9.97 Å². The second-order valence-corrected chi connectivity index (χ2v) is 5.80. The predicted molar refractivity (Wildman–Crippen MR) is 103 cm³/mol. The SMILES string of the molecule is COC(=O)/C=C/c1ccc(OCc2nc3ccccc3nc2C)c(OC)c1. The maximum absolute atomic E-state index is 11.2. The average molecular weight is 364 g/mol. The average Bonchev–Trinajstić information content (AvgIpc) is 2.70. The van der Waals surface area contributed by atoms with Crippen LogP contribution in [0.4, 0.5) is 0 Å². The van der Waals surface area contributed by atoms with E-state index in [2.05, 4.69) is 14.7 Å². The van der Waals surface area contributed by atoms with Gasteiger partial charge in [-0.15, -0.1) is 0 Å². The third-order valence-corrected chi connectivity index (χ3v) is 4.01. The van der Waals surface area contributed by atoms with Gasteiger partial charge in [0.15, 0.2) is 11.5 Å². The van der Waals surface area contributed by atoms with Crippen LogP contribution in [-0.4, -0.2) is 30.2 Å². The largest absolute Gasteiger partial charge is 0.493 e. The summed E-state index contributed by atoms with van der Waals surface area (Å²) in [6.07, 6.45) is 3.00. The molecule has 1 aromatic heterocycles. The van der Waals surface area contributed by atoms with Gasteiger partial charge < -0.3 is 14.2 Å². The van der Waals surface area contributed by atoms with E-state index in [1.807, 2.05) is 37.3 Å². The van der Waals surface area contributed by atoms with Gasteiger partial charge in [-0.2, -0.15) is 0 Å². The number of para-hydroxylation sites is 2. The highest BCUT2D eigenvalue weighted by molar-refractivity contribution is 5.87. The van der Waals surface area contributed by atoms with Crippen molar-refractivity contribution in [3.05, 3.63) is 65.5 Å². The normalized spacial score (nSPS) is 10.9. The number of hydrogen-bond acceptors (Lipinski definition) is 6. The van der Waals surface area contributed by atoms with Gasteiger partial charge in [0.25, 0.3) is 0 Å². The predicted octanol–water partition coefficient (Wildman–Crippen LogP) is 3.71. The Kier molecular flexibility index (Phi) is 5.66. The molecule has 0 aliphatic rings. The molecule has 0 N–H and O–H groups in total. The van der Waals surface area contributed by atoms with E-state index < -0.39 is 5.97 Å². The Hall–Kier alpha value is -3.41. The number of hydrogen-bond donors (Lipinski definition) is 0. The van der Waals surface area contributed by atoms with Crippen LogP contribution in [0.1, 0.15) is 17.0 Å². The zero-order chi connectivity index (χ0) is 19.2. The fraction of sp³-hybridized carbons (Fsp3) is 0.190. The molecule has 27 heavy (non-hydrogen) atoms. The van der Waals surface area contributed by atoms with Crippen LogP contribution in [0.2, 0.25) is 0 Å². The van der Waals surface area contributed by atoms with Crippen molar-refractivity contribution in [3.8, 4) is 11.5 Å². The van der Waals surface area contributed by atoms with Crippen molar-refractivity contribution in [2.45, 2.75) is 13.5 Å². The minimum absolute atomic E-state index is 0.275. The lowest BCUT2D eigenvalue weighted by Crippen LogP contribution is -2.04. The van der Waals surface area contributed by atoms with Crippen molar-refractivity contribution in [3.63, 3.8) is 0 Å². The van der Waals surface area contributed by atoms with Crippen LogP contribution in [0.15, 0.2) is 48.5 Å². The van der Waals surface area contributed by atoms with Gasteiger partial charge in [-0.25, -0.2) is 14.8 Å². The number of ether oxygens (including phenoxy) is 3.